The molecule has 1 aromatic rings. The summed E-state index contributed by atoms with van der Waals surface area (Å²) in [6.07, 6.45) is 2.26. The van der Waals surface area contributed by atoms with Crippen molar-refractivity contribution < 1.29 is 0 Å². The summed E-state index contributed by atoms with van der Waals surface area (Å²) in [5, 5.41) is 2.15. The smallest absolute Gasteiger partial charge is 0.0375 e. The van der Waals surface area contributed by atoms with Crippen molar-refractivity contribution in [3.05, 3.63) is 22.4 Å². The highest BCUT2D eigenvalue weighted by Gasteiger charge is 2.34. The third kappa shape index (κ3) is 2.55. The molecule has 3 aliphatic heterocycles. The van der Waals surface area contributed by atoms with E-state index in [0.717, 1.165) is 12.8 Å². The van der Waals surface area contributed by atoms with E-state index in [1.165, 1.54) is 37.6 Å². The molecule has 1 aromatic heterocycles. The maximum atomic E-state index is 6.39. The first-order valence-electron chi connectivity index (χ1n) is 6.57. The minimum Gasteiger partial charge on any atom is -0.326 e. The van der Waals surface area contributed by atoms with Gasteiger partial charge >= 0.3 is 0 Å². The largest absolute Gasteiger partial charge is 0.326 e. The molecule has 4 heterocycles. The zero-order chi connectivity index (χ0) is 11.7. The lowest BCUT2D eigenvalue weighted by molar-refractivity contribution is 0.00150. The molecule has 2 bridgehead atoms. The van der Waals surface area contributed by atoms with E-state index in [2.05, 4.69) is 27.3 Å². The lowest BCUT2D eigenvalue weighted by Crippen LogP contribution is -2.65. The molecule has 0 aromatic carbocycles. The summed E-state index contributed by atoms with van der Waals surface area (Å²) in [6.45, 7) is 6.11. The third-order valence-electron chi connectivity index (χ3n) is 4.12. The summed E-state index contributed by atoms with van der Waals surface area (Å²) in [7, 11) is 0. The summed E-state index contributed by atoms with van der Waals surface area (Å²) >= 11 is 1.85. The average Bonchev–Trinajstić information content (AvgIpc) is 2.90. The molecule has 94 valence electrons. The van der Waals surface area contributed by atoms with Gasteiger partial charge in [-0.15, -0.1) is 11.3 Å². The Morgan fingerprint density at radius 1 is 1.35 bits per heavy atom. The van der Waals surface area contributed by atoms with Crippen LogP contribution in [0.25, 0.3) is 0 Å². The van der Waals surface area contributed by atoms with E-state index < -0.39 is 0 Å². The van der Waals surface area contributed by atoms with Crippen LogP contribution in [-0.4, -0.2) is 54.6 Å². The van der Waals surface area contributed by atoms with Gasteiger partial charge in [-0.3, -0.25) is 9.80 Å². The van der Waals surface area contributed by atoms with Crippen molar-refractivity contribution in [3.8, 4) is 0 Å². The van der Waals surface area contributed by atoms with Crippen LogP contribution in [0.15, 0.2) is 17.5 Å². The lowest BCUT2D eigenvalue weighted by Gasteiger charge is -2.49. The van der Waals surface area contributed by atoms with Crippen molar-refractivity contribution in [1.29, 1.82) is 0 Å². The molecule has 4 rings (SSSR count). The second-order valence-electron chi connectivity index (χ2n) is 5.19. The van der Waals surface area contributed by atoms with Gasteiger partial charge in [0.2, 0.25) is 0 Å². The SMILES string of the molecule is NC(CCc1cccs1)C1CN2CCN1CC2. The number of rotatable bonds is 4. The van der Waals surface area contributed by atoms with Crippen molar-refractivity contribution in [2.24, 2.45) is 5.73 Å². The van der Waals surface area contributed by atoms with Crippen LogP contribution in [0.4, 0.5) is 0 Å². The molecule has 2 atom stereocenters. The number of aryl methyl sites for hydroxylation is 1. The van der Waals surface area contributed by atoms with Crippen molar-refractivity contribution in [2.45, 2.75) is 24.9 Å². The number of hydrogen-bond acceptors (Lipinski definition) is 4. The first kappa shape index (κ1) is 11.7. The molecule has 3 saturated heterocycles. The number of nitrogens with zero attached hydrogens (tertiary/aromatic N) is 2. The monoisotopic (exact) mass is 251 g/mol. The molecule has 2 N–H and O–H groups in total. The average molecular weight is 251 g/mol. The normalized spacial score (nSPS) is 33.8. The molecule has 0 aliphatic carbocycles. The summed E-state index contributed by atoms with van der Waals surface area (Å²) in [4.78, 5) is 6.63. The van der Waals surface area contributed by atoms with Crippen LogP contribution in [-0.2, 0) is 6.42 Å². The van der Waals surface area contributed by atoms with Crippen molar-refractivity contribution in [3.63, 3.8) is 0 Å². The fourth-order valence-electron chi connectivity index (χ4n) is 3.02. The van der Waals surface area contributed by atoms with Crippen LogP contribution < -0.4 is 5.73 Å². The van der Waals surface area contributed by atoms with Gasteiger partial charge in [-0.1, -0.05) is 6.07 Å². The summed E-state index contributed by atoms with van der Waals surface area (Å²) in [5.74, 6) is 0. The Bertz CT molecular complexity index is 344. The maximum absolute atomic E-state index is 6.39. The molecular weight excluding hydrogens is 230 g/mol. The van der Waals surface area contributed by atoms with Gasteiger partial charge in [0.15, 0.2) is 0 Å². The Kier molecular flexibility index (Phi) is 3.47. The van der Waals surface area contributed by atoms with E-state index in [1.54, 1.807) is 0 Å². The minimum absolute atomic E-state index is 0.334. The number of nitrogens with two attached hydrogens (primary N) is 1. The Morgan fingerprint density at radius 3 is 2.76 bits per heavy atom. The lowest BCUT2D eigenvalue weighted by atomic mass is 9.97. The summed E-state index contributed by atoms with van der Waals surface area (Å²) in [6, 6.07) is 5.27. The van der Waals surface area contributed by atoms with E-state index in [0.29, 0.717) is 12.1 Å². The minimum atomic E-state index is 0.334. The molecule has 17 heavy (non-hydrogen) atoms. The van der Waals surface area contributed by atoms with E-state index in [9.17, 15) is 0 Å². The van der Waals surface area contributed by atoms with E-state index >= 15 is 0 Å². The molecule has 3 fully saturated rings. The highest BCUT2D eigenvalue weighted by atomic mass is 32.1. The van der Waals surface area contributed by atoms with Crippen LogP contribution in [0.1, 0.15) is 11.3 Å². The van der Waals surface area contributed by atoms with Crippen molar-refractivity contribution in [1.82, 2.24) is 9.80 Å². The van der Waals surface area contributed by atoms with Crippen LogP contribution >= 0.6 is 11.3 Å². The summed E-state index contributed by atoms with van der Waals surface area (Å²) in [5.41, 5.74) is 6.39. The van der Waals surface area contributed by atoms with Crippen molar-refractivity contribution in [2.75, 3.05) is 32.7 Å². The quantitative estimate of drug-likeness (QED) is 0.867. The second kappa shape index (κ2) is 5.06. The molecule has 0 amide bonds. The van der Waals surface area contributed by atoms with Gasteiger partial charge in [-0.25, -0.2) is 0 Å². The second-order valence-corrected chi connectivity index (χ2v) is 6.22. The fourth-order valence-corrected chi connectivity index (χ4v) is 3.74. The van der Waals surface area contributed by atoms with Gasteiger partial charge < -0.3 is 5.73 Å². The Hall–Kier alpha value is -0.420. The van der Waals surface area contributed by atoms with Gasteiger partial charge in [0.05, 0.1) is 0 Å². The zero-order valence-electron chi connectivity index (χ0n) is 10.2. The number of piperazine rings is 3. The van der Waals surface area contributed by atoms with Crippen LogP contribution in [0.2, 0.25) is 0 Å². The predicted molar refractivity (Wildman–Crippen MR) is 72.4 cm³/mol. The Labute approximate surface area is 107 Å². The van der Waals surface area contributed by atoms with Gasteiger partial charge in [-0.05, 0) is 24.3 Å². The fraction of sp³-hybridized carbons (Fsp3) is 0.692. The standard InChI is InChI=1S/C13H21N3S/c14-12(4-3-11-2-1-9-17-11)13-10-15-5-7-16(13)8-6-15/h1-2,9,12-13H,3-8,10,14H2. The van der Waals surface area contributed by atoms with E-state index in [-0.39, 0.29) is 0 Å². The molecule has 0 spiro atoms. The topological polar surface area (TPSA) is 32.5 Å². The first-order chi connectivity index (χ1) is 8.33. The molecule has 2 unspecified atom stereocenters. The van der Waals surface area contributed by atoms with Crippen LogP contribution in [0.3, 0.4) is 0 Å². The molecule has 3 aliphatic rings. The van der Waals surface area contributed by atoms with E-state index in [4.69, 9.17) is 5.73 Å². The number of hydrogen-bond donors (Lipinski definition) is 1. The predicted octanol–water partition coefficient (Wildman–Crippen LogP) is 1.01. The summed E-state index contributed by atoms with van der Waals surface area (Å²) < 4.78 is 0. The van der Waals surface area contributed by atoms with E-state index in [1.807, 2.05) is 11.3 Å². The van der Waals surface area contributed by atoms with Gasteiger partial charge in [-0.2, -0.15) is 0 Å². The molecule has 4 heteroatoms. The molecular formula is C13H21N3S. The van der Waals surface area contributed by atoms with Crippen molar-refractivity contribution >= 4 is 11.3 Å². The first-order valence-corrected chi connectivity index (χ1v) is 7.45. The number of thiophene rings is 1. The van der Waals surface area contributed by atoms with Gasteiger partial charge in [0.25, 0.3) is 0 Å². The third-order valence-corrected chi connectivity index (χ3v) is 5.06. The van der Waals surface area contributed by atoms with Crippen LogP contribution in [0.5, 0.6) is 0 Å². The highest BCUT2D eigenvalue weighted by Crippen LogP contribution is 2.20. The Balaban J connectivity index is 1.54. The Morgan fingerprint density at radius 2 is 2.18 bits per heavy atom. The van der Waals surface area contributed by atoms with Gasteiger partial charge in [0.1, 0.15) is 0 Å². The highest BCUT2D eigenvalue weighted by molar-refractivity contribution is 7.09. The van der Waals surface area contributed by atoms with Gasteiger partial charge in [0, 0.05) is 49.7 Å². The molecule has 0 saturated carbocycles. The maximum Gasteiger partial charge on any atom is 0.0375 e. The van der Waals surface area contributed by atoms with Crippen LogP contribution in [0, 0.1) is 0 Å². The molecule has 3 nitrogen and oxygen atoms in total. The number of fused-ring (bicyclic) bond motifs is 3. The zero-order valence-corrected chi connectivity index (χ0v) is 11.0. The molecule has 0 radical (unpaired) electrons.